The van der Waals surface area contributed by atoms with Crippen LogP contribution in [0, 0.1) is 0 Å². The molecule has 1 saturated carbocycles. The first-order valence-corrected chi connectivity index (χ1v) is 9.10. The van der Waals surface area contributed by atoms with Crippen LogP contribution in [0.1, 0.15) is 42.5 Å². The van der Waals surface area contributed by atoms with Crippen LogP contribution < -0.4 is 10.6 Å². The zero-order valence-electron chi connectivity index (χ0n) is 15.2. The Bertz CT molecular complexity index is 801. The zero-order chi connectivity index (χ0) is 20.1. The summed E-state index contributed by atoms with van der Waals surface area (Å²) in [7, 11) is 0. The summed E-state index contributed by atoms with van der Waals surface area (Å²) in [4.78, 5) is 60.9. The highest BCUT2D eigenvalue weighted by atomic mass is 16.5. The van der Waals surface area contributed by atoms with E-state index < -0.39 is 36.0 Å². The molecule has 9 heteroatoms. The lowest BCUT2D eigenvalue weighted by Crippen LogP contribution is -2.44. The molecule has 0 radical (unpaired) electrons. The third kappa shape index (κ3) is 4.19. The molecule has 1 saturated heterocycles. The summed E-state index contributed by atoms with van der Waals surface area (Å²) in [5.41, 5.74) is -0.514. The normalized spacial score (nSPS) is 17.5. The molecule has 1 aromatic carbocycles. The summed E-state index contributed by atoms with van der Waals surface area (Å²) in [6, 6.07) is 7.63. The predicted octanol–water partition coefficient (Wildman–Crippen LogP) is 0.741. The number of carbonyl (C=O) groups excluding carboxylic acids is 5. The average Bonchev–Trinajstić information content (AvgIpc) is 3.24. The Morgan fingerprint density at radius 3 is 2.46 bits per heavy atom. The highest BCUT2D eigenvalue weighted by molar-refractivity contribution is 6.07. The molecule has 2 aliphatic rings. The first kappa shape index (κ1) is 19.5. The number of benzene rings is 1. The quantitative estimate of drug-likeness (QED) is 0.548. The maximum absolute atomic E-state index is 12.5. The van der Waals surface area contributed by atoms with E-state index in [9.17, 15) is 24.0 Å². The molecule has 0 bridgehead atoms. The monoisotopic (exact) mass is 387 g/mol. The van der Waals surface area contributed by atoms with Crippen molar-refractivity contribution in [3.8, 4) is 0 Å². The van der Waals surface area contributed by atoms with Crippen molar-refractivity contribution in [2.24, 2.45) is 0 Å². The van der Waals surface area contributed by atoms with Gasteiger partial charge in [0.25, 0.3) is 17.7 Å². The van der Waals surface area contributed by atoms with Crippen molar-refractivity contribution in [2.45, 2.75) is 37.6 Å². The molecule has 28 heavy (non-hydrogen) atoms. The Morgan fingerprint density at radius 1 is 1.11 bits per heavy atom. The van der Waals surface area contributed by atoms with Crippen molar-refractivity contribution >= 4 is 29.7 Å². The third-order valence-electron chi connectivity index (χ3n) is 4.90. The maximum Gasteiger partial charge on any atom is 0.325 e. The fourth-order valence-corrected chi connectivity index (χ4v) is 3.44. The number of hydrogen-bond donors (Lipinski definition) is 2. The summed E-state index contributed by atoms with van der Waals surface area (Å²) in [6.07, 6.45) is 2.73. The summed E-state index contributed by atoms with van der Waals surface area (Å²) < 4.78 is 4.81. The van der Waals surface area contributed by atoms with Crippen molar-refractivity contribution in [3.05, 3.63) is 35.9 Å². The molecular weight excluding hydrogens is 366 g/mol. The number of nitrogens with zero attached hydrogens (tertiary/aromatic N) is 1. The van der Waals surface area contributed by atoms with E-state index in [2.05, 4.69) is 10.6 Å². The summed E-state index contributed by atoms with van der Waals surface area (Å²) in [5.74, 6) is -2.41. The molecule has 0 aromatic heterocycles. The Balaban J connectivity index is 1.41. The molecule has 1 aliphatic carbocycles. The molecular formula is C19H21N3O6. The Morgan fingerprint density at radius 2 is 1.79 bits per heavy atom. The zero-order valence-corrected chi connectivity index (χ0v) is 15.2. The van der Waals surface area contributed by atoms with Gasteiger partial charge in [-0.15, -0.1) is 0 Å². The van der Waals surface area contributed by atoms with Gasteiger partial charge in [-0.25, -0.2) is 4.79 Å². The number of esters is 1. The van der Waals surface area contributed by atoms with E-state index in [1.807, 2.05) is 0 Å². The fraction of sp³-hybridized carbons (Fsp3) is 0.421. The largest absolute Gasteiger partial charge is 0.456 e. The molecule has 1 spiro atoms. The number of nitrogens with one attached hydrogen (secondary N) is 2. The van der Waals surface area contributed by atoms with Gasteiger partial charge in [0.2, 0.25) is 0 Å². The lowest BCUT2D eigenvalue weighted by molar-refractivity contribution is -0.148. The minimum Gasteiger partial charge on any atom is -0.456 e. The Kier molecular flexibility index (Phi) is 5.72. The van der Waals surface area contributed by atoms with Gasteiger partial charge in [-0.05, 0) is 25.0 Å². The first-order valence-electron chi connectivity index (χ1n) is 9.10. The van der Waals surface area contributed by atoms with Gasteiger partial charge >= 0.3 is 12.0 Å². The van der Waals surface area contributed by atoms with E-state index in [1.165, 1.54) is 0 Å². The molecule has 3 rings (SSSR count). The Labute approximate surface area is 161 Å². The van der Waals surface area contributed by atoms with Crippen LogP contribution in [0.25, 0.3) is 0 Å². The van der Waals surface area contributed by atoms with Crippen LogP contribution in [-0.2, 0) is 19.1 Å². The van der Waals surface area contributed by atoms with Gasteiger partial charge in [0.15, 0.2) is 6.61 Å². The van der Waals surface area contributed by atoms with E-state index >= 15 is 0 Å². The van der Waals surface area contributed by atoms with Crippen molar-refractivity contribution in [1.29, 1.82) is 0 Å². The maximum atomic E-state index is 12.5. The molecule has 2 N–H and O–H groups in total. The molecule has 2 fully saturated rings. The van der Waals surface area contributed by atoms with Crippen LogP contribution in [0.4, 0.5) is 4.79 Å². The van der Waals surface area contributed by atoms with Crippen LogP contribution >= 0.6 is 0 Å². The highest BCUT2D eigenvalue weighted by Gasteiger charge is 2.52. The summed E-state index contributed by atoms with van der Waals surface area (Å²) in [5, 5.41) is 4.84. The van der Waals surface area contributed by atoms with E-state index in [0.717, 1.165) is 17.7 Å². The molecule has 1 aliphatic heterocycles. The molecule has 148 valence electrons. The number of urea groups is 1. The first-order chi connectivity index (χ1) is 13.4. The standard InChI is InChI=1S/C19H21N3O6/c23-14(20-16(25)13-6-2-1-3-7-13)12-28-15(24)8-11-22-17(26)19(21-18(22)27)9-4-5-10-19/h1-3,6-7H,4-5,8-12H2,(H,21,27)(H,20,23,25). The number of rotatable bonds is 6. The number of imide groups is 2. The number of carbonyl (C=O) groups is 5. The van der Waals surface area contributed by atoms with Gasteiger partial charge < -0.3 is 10.1 Å². The summed E-state index contributed by atoms with van der Waals surface area (Å²) in [6.45, 7) is -0.739. The Hall–Kier alpha value is -3.23. The van der Waals surface area contributed by atoms with Crippen molar-refractivity contribution in [2.75, 3.05) is 13.2 Å². The van der Waals surface area contributed by atoms with Gasteiger partial charge in [0.1, 0.15) is 5.54 Å². The van der Waals surface area contributed by atoms with Gasteiger partial charge in [0.05, 0.1) is 6.42 Å². The SMILES string of the molecule is O=C(COC(=O)CCN1C(=O)NC2(CCCC2)C1=O)NC(=O)c1ccccc1. The average molecular weight is 387 g/mol. The predicted molar refractivity (Wildman–Crippen MR) is 95.9 cm³/mol. The molecule has 5 amide bonds. The summed E-state index contributed by atoms with van der Waals surface area (Å²) >= 11 is 0. The molecule has 0 atom stereocenters. The fourth-order valence-electron chi connectivity index (χ4n) is 3.44. The number of amides is 5. The van der Waals surface area contributed by atoms with Crippen molar-refractivity contribution in [3.63, 3.8) is 0 Å². The van der Waals surface area contributed by atoms with Crippen LogP contribution in [0.5, 0.6) is 0 Å². The van der Waals surface area contributed by atoms with Gasteiger partial charge in [-0.3, -0.25) is 29.4 Å². The molecule has 0 unspecified atom stereocenters. The topological polar surface area (TPSA) is 122 Å². The van der Waals surface area contributed by atoms with Crippen LogP contribution in [0.15, 0.2) is 30.3 Å². The third-order valence-corrected chi connectivity index (χ3v) is 4.90. The lowest BCUT2D eigenvalue weighted by Gasteiger charge is -2.19. The second-order valence-electron chi connectivity index (χ2n) is 6.83. The molecule has 9 nitrogen and oxygen atoms in total. The highest BCUT2D eigenvalue weighted by Crippen LogP contribution is 2.34. The van der Waals surface area contributed by atoms with Crippen LogP contribution in [-0.4, -0.2) is 53.3 Å². The lowest BCUT2D eigenvalue weighted by atomic mass is 9.98. The molecule has 1 heterocycles. The number of ether oxygens (including phenoxy) is 1. The van der Waals surface area contributed by atoms with Crippen LogP contribution in [0.2, 0.25) is 0 Å². The van der Waals surface area contributed by atoms with Gasteiger partial charge in [0, 0.05) is 12.1 Å². The van der Waals surface area contributed by atoms with Crippen molar-refractivity contribution in [1.82, 2.24) is 15.5 Å². The molecule has 1 aromatic rings. The minimum atomic E-state index is -0.821. The second kappa shape index (κ2) is 8.20. The van der Waals surface area contributed by atoms with Crippen LogP contribution in [0.3, 0.4) is 0 Å². The minimum absolute atomic E-state index is 0.115. The van der Waals surface area contributed by atoms with E-state index in [0.29, 0.717) is 18.4 Å². The number of hydrogen-bond acceptors (Lipinski definition) is 6. The van der Waals surface area contributed by atoms with Crippen molar-refractivity contribution < 1.29 is 28.7 Å². The second-order valence-corrected chi connectivity index (χ2v) is 6.83. The van der Waals surface area contributed by atoms with E-state index in [-0.39, 0.29) is 18.9 Å². The van der Waals surface area contributed by atoms with E-state index in [4.69, 9.17) is 4.74 Å². The van der Waals surface area contributed by atoms with Gasteiger partial charge in [-0.1, -0.05) is 31.0 Å². The van der Waals surface area contributed by atoms with E-state index in [1.54, 1.807) is 30.3 Å². The smallest absolute Gasteiger partial charge is 0.325 e. The van der Waals surface area contributed by atoms with Gasteiger partial charge in [-0.2, -0.15) is 0 Å².